The van der Waals surface area contributed by atoms with Crippen LogP contribution in [0.4, 0.5) is 11.5 Å². The van der Waals surface area contributed by atoms with Crippen molar-refractivity contribution in [3.05, 3.63) is 40.8 Å². The van der Waals surface area contributed by atoms with Crippen LogP contribution in [-0.2, 0) is 4.74 Å². The molecule has 1 N–H and O–H groups in total. The van der Waals surface area contributed by atoms with Gasteiger partial charge in [-0.15, -0.1) is 0 Å². The van der Waals surface area contributed by atoms with Crippen LogP contribution >= 0.6 is 15.9 Å². The van der Waals surface area contributed by atoms with E-state index in [-0.39, 0.29) is 0 Å². The first kappa shape index (κ1) is 14.4. The fourth-order valence-electron chi connectivity index (χ4n) is 2.48. The number of nitrogens with one attached hydrogen (secondary N) is 1. The molecule has 3 rings (SSSR count). The molecule has 2 aliphatic heterocycles. The number of hydrogen-bond donors (Lipinski definition) is 1. The van der Waals surface area contributed by atoms with E-state index >= 15 is 0 Å². The van der Waals surface area contributed by atoms with Gasteiger partial charge in [-0.05, 0) is 34.1 Å². The number of allylic oxidation sites excluding steroid dienone is 2. The maximum absolute atomic E-state index is 5.37. The number of rotatable bonds is 3. The van der Waals surface area contributed by atoms with E-state index in [0.717, 1.165) is 54.5 Å². The van der Waals surface area contributed by atoms with Crippen molar-refractivity contribution in [2.75, 3.05) is 50.1 Å². The highest BCUT2D eigenvalue weighted by Gasteiger charge is 2.12. The summed E-state index contributed by atoms with van der Waals surface area (Å²) in [7, 11) is 2.05. The molecule has 0 unspecified atom stereocenters. The van der Waals surface area contributed by atoms with Crippen LogP contribution in [-0.4, -0.2) is 49.8 Å². The molecule has 1 fully saturated rings. The zero-order valence-electron chi connectivity index (χ0n) is 12.1. The molecule has 112 valence electrons. The third-order valence-corrected chi connectivity index (χ3v) is 3.92. The zero-order chi connectivity index (χ0) is 14.7. The second-order valence-corrected chi connectivity index (χ2v) is 6.14. The summed E-state index contributed by atoms with van der Waals surface area (Å²) >= 11 is 3.51. The van der Waals surface area contributed by atoms with Crippen LogP contribution in [0.15, 0.2) is 40.8 Å². The fourth-order valence-corrected chi connectivity index (χ4v) is 3.11. The van der Waals surface area contributed by atoms with Gasteiger partial charge in [0.25, 0.3) is 0 Å². The lowest BCUT2D eigenvalue weighted by Crippen LogP contribution is -2.36. The minimum Gasteiger partial charge on any atom is -0.378 e. The van der Waals surface area contributed by atoms with Crippen LogP contribution in [0.2, 0.25) is 0 Å². The Bertz CT molecular complexity index is 549. The summed E-state index contributed by atoms with van der Waals surface area (Å²) in [6.07, 6.45) is 6.06. The molecule has 0 bridgehead atoms. The lowest BCUT2D eigenvalue weighted by Gasteiger charge is -2.28. The van der Waals surface area contributed by atoms with E-state index in [0.29, 0.717) is 0 Å². The van der Waals surface area contributed by atoms with Crippen molar-refractivity contribution >= 4 is 27.4 Å². The summed E-state index contributed by atoms with van der Waals surface area (Å²) < 4.78 is 6.43. The smallest absolute Gasteiger partial charge is 0.130 e. The van der Waals surface area contributed by atoms with E-state index in [1.54, 1.807) is 0 Å². The molecule has 0 spiro atoms. The van der Waals surface area contributed by atoms with Gasteiger partial charge < -0.3 is 19.9 Å². The molecule has 0 saturated carbocycles. The van der Waals surface area contributed by atoms with Crippen molar-refractivity contribution in [2.45, 2.75) is 0 Å². The molecule has 5 nitrogen and oxygen atoms in total. The second-order valence-electron chi connectivity index (χ2n) is 5.22. The third kappa shape index (κ3) is 3.77. The van der Waals surface area contributed by atoms with Crippen LogP contribution in [0.25, 0.3) is 0 Å². The van der Waals surface area contributed by atoms with Crippen LogP contribution in [0.1, 0.15) is 0 Å². The SMILES string of the molecule is CN1C=C(Br)C=C(Nc2ccc(N3CCOCC3)cn2)C1. The monoisotopic (exact) mass is 350 g/mol. The normalized spacial score (nSPS) is 19.1. The van der Waals surface area contributed by atoms with Crippen LogP contribution in [0, 0.1) is 0 Å². The molecule has 0 amide bonds. The first-order valence-corrected chi connectivity index (χ1v) is 7.84. The first-order chi connectivity index (χ1) is 10.2. The van der Waals surface area contributed by atoms with Gasteiger partial charge in [0.2, 0.25) is 0 Å². The molecule has 0 atom stereocenters. The molecule has 1 aromatic rings. The van der Waals surface area contributed by atoms with E-state index < -0.39 is 0 Å². The third-order valence-electron chi connectivity index (χ3n) is 3.49. The minimum atomic E-state index is 0.791. The predicted molar refractivity (Wildman–Crippen MR) is 88.6 cm³/mol. The van der Waals surface area contributed by atoms with Crippen LogP contribution in [0.5, 0.6) is 0 Å². The summed E-state index contributed by atoms with van der Waals surface area (Å²) in [4.78, 5) is 8.93. The van der Waals surface area contributed by atoms with Gasteiger partial charge in [0.05, 0.1) is 31.6 Å². The highest BCUT2D eigenvalue weighted by atomic mass is 79.9. The van der Waals surface area contributed by atoms with E-state index in [9.17, 15) is 0 Å². The van der Waals surface area contributed by atoms with Crippen molar-refractivity contribution in [3.63, 3.8) is 0 Å². The minimum absolute atomic E-state index is 0.791. The molecule has 21 heavy (non-hydrogen) atoms. The molecule has 0 radical (unpaired) electrons. The number of pyridine rings is 1. The maximum atomic E-state index is 5.37. The van der Waals surface area contributed by atoms with Crippen molar-refractivity contribution < 1.29 is 4.74 Å². The number of likely N-dealkylation sites (N-methyl/N-ethyl adjacent to an activating group) is 1. The van der Waals surface area contributed by atoms with Crippen molar-refractivity contribution in [1.82, 2.24) is 9.88 Å². The lowest BCUT2D eigenvalue weighted by molar-refractivity contribution is 0.122. The van der Waals surface area contributed by atoms with Gasteiger partial charge in [0.1, 0.15) is 5.82 Å². The number of morpholine rings is 1. The van der Waals surface area contributed by atoms with E-state index in [1.807, 2.05) is 19.3 Å². The van der Waals surface area contributed by atoms with Gasteiger partial charge in [0, 0.05) is 36.5 Å². The van der Waals surface area contributed by atoms with Crippen molar-refractivity contribution in [2.24, 2.45) is 0 Å². The fraction of sp³-hybridized carbons (Fsp3) is 0.400. The van der Waals surface area contributed by atoms with Crippen molar-refractivity contribution in [1.29, 1.82) is 0 Å². The van der Waals surface area contributed by atoms with Gasteiger partial charge in [-0.3, -0.25) is 0 Å². The Kier molecular flexibility index (Phi) is 4.45. The molecule has 6 heteroatoms. The number of halogens is 1. The number of anilines is 2. The zero-order valence-corrected chi connectivity index (χ0v) is 13.6. The number of ether oxygens (including phenoxy) is 1. The molecular formula is C15H19BrN4O. The summed E-state index contributed by atoms with van der Waals surface area (Å²) in [5.74, 6) is 0.869. The average Bonchev–Trinajstić information content (AvgIpc) is 2.48. The van der Waals surface area contributed by atoms with Gasteiger partial charge in [0.15, 0.2) is 0 Å². The first-order valence-electron chi connectivity index (χ1n) is 7.04. The molecule has 1 saturated heterocycles. The Hall–Kier alpha value is -1.53. The number of hydrogen-bond acceptors (Lipinski definition) is 5. The average molecular weight is 351 g/mol. The summed E-state index contributed by atoms with van der Waals surface area (Å²) in [5.41, 5.74) is 2.28. The van der Waals surface area contributed by atoms with Crippen molar-refractivity contribution in [3.8, 4) is 0 Å². The van der Waals surface area contributed by atoms with E-state index in [2.05, 4.69) is 54.4 Å². The van der Waals surface area contributed by atoms with Crippen LogP contribution in [0.3, 0.4) is 0 Å². The number of nitrogens with zero attached hydrogens (tertiary/aromatic N) is 3. The largest absolute Gasteiger partial charge is 0.378 e. The van der Waals surface area contributed by atoms with E-state index in [4.69, 9.17) is 4.74 Å². The Morgan fingerprint density at radius 1 is 1.29 bits per heavy atom. The Labute approximate surface area is 133 Å². The second kappa shape index (κ2) is 6.49. The molecular weight excluding hydrogens is 332 g/mol. The molecule has 3 heterocycles. The van der Waals surface area contributed by atoms with Gasteiger partial charge in [-0.1, -0.05) is 0 Å². The highest BCUT2D eigenvalue weighted by Crippen LogP contribution is 2.20. The predicted octanol–water partition coefficient (Wildman–Crippen LogP) is 2.40. The highest BCUT2D eigenvalue weighted by molar-refractivity contribution is 9.11. The Balaban J connectivity index is 1.66. The molecule has 0 aliphatic carbocycles. The van der Waals surface area contributed by atoms with E-state index in [1.165, 1.54) is 0 Å². The molecule has 2 aliphatic rings. The summed E-state index contributed by atoms with van der Waals surface area (Å²) in [6, 6.07) is 4.14. The van der Waals surface area contributed by atoms with Gasteiger partial charge in [-0.25, -0.2) is 4.98 Å². The molecule has 1 aromatic heterocycles. The topological polar surface area (TPSA) is 40.6 Å². The lowest BCUT2D eigenvalue weighted by atomic mass is 10.3. The Morgan fingerprint density at radius 3 is 2.76 bits per heavy atom. The standard InChI is InChI=1S/C15H19BrN4O/c1-19-10-12(16)8-13(11-19)18-15-3-2-14(9-17-15)20-4-6-21-7-5-20/h2-3,8-10H,4-7,11H2,1H3,(H,17,18). The van der Waals surface area contributed by atoms with Gasteiger partial charge in [-0.2, -0.15) is 0 Å². The summed E-state index contributed by atoms with van der Waals surface area (Å²) in [5, 5.41) is 3.37. The maximum Gasteiger partial charge on any atom is 0.130 e. The van der Waals surface area contributed by atoms with Gasteiger partial charge >= 0.3 is 0 Å². The quantitative estimate of drug-likeness (QED) is 0.906. The Morgan fingerprint density at radius 2 is 2.10 bits per heavy atom. The summed E-state index contributed by atoms with van der Waals surface area (Å²) in [6.45, 7) is 4.30. The van der Waals surface area contributed by atoms with Crippen LogP contribution < -0.4 is 10.2 Å². The molecule has 0 aromatic carbocycles. The number of aromatic nitrogens is 1.